The molecule has 1 aliphatic heterocycles. The van der Waals surface area contributed by atoms with Gasteiger partial charge in [0, 0.05) is 13.1 Å². The number of allylic oxidation sites excluding steroid dienone is 2. The van der Waals surface area contributed by atoms with Gasteiger partial charge in [-0.05, 0) is 49.3 Å². The molecule has 6 nitrogen and oxygen atoms in total. The van der Waals surface area contributed by atoms with Crippen LogP contribution in [0.1, 0.15) is 41.0 Å². The number of halogens is 1. The highest BCUT2D eigenvalue weighted by Gasteiger charge is 2.47. The number of carbonyl (C=O) groups is 1. The Morgan fingerprint density at radius 3 is 2.32 bits per heavy atom. The lowest BCUT2D eigenvalue weighted by atomic mass is 9.88. The average Bonchev–Trinajstić information content (AvgIpc) is 2.92. The highest BCUT2D eigenvalue weighted by Crippen LogP contribution is 2.29. The molecular weight excluding hydrogens is 365 g/mol. The zero-order valence-electron chi connectivity index (χ0n) is 15.4. The van der Waals surface area contributed by atoms with Crippen molar-refractivity contribution in [1.82, 2.24) is 9.62 Å². The van der Waals surface area contributed by atoms with Crippen LogP contribution in [0.5, 0.6) is 0 Å². The predicted octanol–water partition coefficient (Wildman–Crippen LogP) is 2.31. The first kappa shape index (κ1) is 22.1. The standard InChI is InChI=1S/C16H28FN3O3S2/c1-11(15(2,3)4)9-13(24-18)19-14(21)16(5,6)25(22,23)20-8-7-12(17)10-20/h9,12H,1,7-8,10,18H2,2-6H3,(H,19,21)/b13-9-/t12-/m1/s1. The minimum absolute atomic E-state index is 0.0787. The first-order valence-electron chi connectivity index (χ1n) is 7.96. The van der Waals surface area contributed by atoms with Gasteiger partial charge in [0.25, 0.3) is 0 Å². The molecule has 1 aliphatic rings. The van der Waals surface area contributed by atoms with Gasteiger partial charge in [0.1, 0.15) is 6.17 Å². The van der Waals surface area contributed by atoms with E-state index in [1.165, 1.54) is 13.8 Å². The second-order valence-electron chi connectivity index (χ2n) is 7.62. The Bertz CT molecular complexity index is 667. The quantitative estimate of drug-likeness (QED) is 0.534. The van der Waals surface area contributed by atoms with Crippen LogP contribution in [0, 0.1) is 5.41 Å². The van der Waals surface area contributed by atoms with E-state index in [1.807, 2.05) is 20.8 Å². The summed E-state index contributed by atoms with van der Waals surface area (Å²) in [5, 5.41) is 8.44. The van der Waals surface area contributed by atoms with Crippen molar-refractivity contribution in [3.05, 3.63) is 23.3 Å². The van der Waals surface area contributed by atoms with Gasteiger partial charge in [-0.15, -0.1) is 0 Å². The third-order valence-corrected chi connectivity index (χ3v) is 7.22. The van der Waals surface area contributed by atoms with Gasteiger partial charge in [-0.1, -0.05) is 27.4 Å². The summed E-state index contributed by atoms with van der Waals surface area (Å²) < 4.78 is 38.1. The van der Waals surface area contributed by atoms with Gasteiger partial charge in [0.2, 0.25) is 15.9 Å². The van der Waals surface area contributed by atoms with Crippen molar-refractivity contribution in [2.45, 2.75) is 52.0 Å². The first-order valence-corrected chi connectivity index (χ1v) is 10.3. The number of nitrogens with one attached hydrogen (secondary N) is 1. The molecule has 1 amide bonds. The molecule has 1 fully saturated rings. The van der Waals surface area contributed by atoms with Gasteiger partial charge in [-0.3, -0.25) is 9.93 Å². The molecule has 0 aromatic carbocycles. The fraction of sp³-hybridized carbons (Fsp3) is 0.688. The van der Waals surface area contributed by atoms with Crippen LogP contribution in [0.25, 0.3) is 0 Å². The largest absolute Gasteiger partial charge is 0.318 e. The van der Waals surface area contributed by atoms with E-state index in [2.05, 4.69) is 11.9 Å². The summed E-state index contributed by atoms with van der Waals surface area (Å²) in [6, 6.07) is 0. The Balaban J connectivity index is 3.00. The second-order valence-corrected chi connectivity index (χ2v) is 10.8. The van der Waals surface area contributed by atoms with Crippen LogP contribution in [0.4, 0.5) is 4.39 Å². The highest BCUT2D eigenvalue weighted by atomic mass is 32.2. The van der Waals surface area contributed by atoms with Gasteiger partial charge in [0.05, 0.1) is 5.03 Å². The molecule has 0 saturated carbocycles. The Morgan fingerprint density at radius 1 is 1.36 bits per heavy atom. The highest BCUT2D eigenvalue weighted by molar-refractivity contribution is 8.00. The summed E-state index contributed by atoms with van der Waals surface area (Å²) in [6.45, 7) is 12.3. The molecule has 1 rings (SSSR count). The number of nitrogens with two attached hydrogens (primary N) is 1. The molecule has 0 unspecified atom stereocenters. The molecule has 144 valence electrons. The summed E-state index contributed by atoms with van der Waals surface area (Å²) in [6.07, 6.45) is 0.573. The number of hydrogen-bond donors (Lipinski definition) is 2. The average molecular weight is 394 g/mol. The molecular formula is C16H28FN3O3S2. The molecule has 0 spiro atoms. The van der Waals surface area contributed by atoms with E-state index in [9.17, 15) is 17.6 Å². The molecule has 3 N–H and O–H groups in total. The molecule has 0 aliphatic carbocycles. The zero-order valence-corrected chi connectivity index (χ0v) is 17.1. The second kappa shape index (κ2) is 7.77. The van der Waals surface area contributed by atoms with E-state index in [4.69, 9.17) is 5.14 Å². The molecule has 9 heteroatoms. The maximum absolute atomic E-state index is 13.4. The van der Waals surface area contributed by atoms with Crippen molar-refractivity contribution in [3.63, 3.8) is 0 Å². The van der Waals surface area contributed by atoms with Crippen molar-refractivity contribution in [2.24, 2.45) is 10.6 Å². The molecule has 0 aromatic heterocycles. The van der Waals surface area contributed by atoms with Crippen LogP contribution in [-0.4, -0.2) is 42.6 Å². The smallest absolute Gasteiger partial charge is 0.247 e. The monoisotopic (exact) mass is 393 g/mol. The van der Waals surface area contributed by atoms with E-state index in [1.54, 1.807) is 6.08 Å². The number of hydrogen-bond acceptors (Lipinski definition) is 5. The van der Waals surface area contributed by atoms with Gasteiger partial charge in [-0.2, -0.15) is 4.31 Å². The lowest BCUT2D eigenvalue weighted by molar-refractivity contribution is -0.122. The third kappa shape index (κ3) is 5.06. The molecule has 1 atom stereocenters. The van der Waals surface area contributed by atoms with E-state index in [0.717, 1.165) is 21.8 Å². The van der Waals surface area contributed by atoms with E-state index < -0.39 is 26.8 Å². The number of alkyl halides is 1. The summed E-state index contributed by atoms with van der Waals surface area (Å²) in [7, 11) is -4.00. The van der Waals surface area contributed by atoms with Crippen LogP contribution >= 0.6 is 11.9 Å². The van der Waals surface area contributed by atoms with Crippen molar-refractivity contribution < 1.29 is 17.6 Å². The molecule has 1 saturated heterocycles. The number of rotatable bonds is 6. The summed E-state index contributed by atoms with van der Waals surface area (Å²) in [5.74, 6) is -0.722. The fourth-order valence-corrected chi connectivity index (χ4v) is 4.08. The minimum Gasteiger partial charge on any atom is -0.318 e. The summed E-state index contributed by atoms with van der Waals surface area (Å²) in [5.41, 5.74) is 0.514. The van der Waals surface area contributed by atoms with Crippen LogP contribution < -0.4 is 10.5 Å². The maximum Gasteiger partial charge on any atom is 0.247 e. The zero-order chi connectivity index (χ0) is 19.6. The lowest BCUT2D eigenvalue weighted by Crippen LogP contribution is -2.53. The minimum atomic E-state index is -4.00. The Labute approximate surface area is 154 Å². The maximum atomic E-state index is 13.4. The van der Waals surface area contributed by atoms with Crippen molar-refractivity contribution in [1.29, 1.82) is 0 Å². The van der Waals surface area contributed by atoms with Gasteiger partial charge < -0.3 is 5.32 Å². The van der Waals surface area contributed by atoms with Gasteiger partial charge >= 0.3 is 0 Å². The Hall–Kier alpha value is -0.900. The van der Waals surface area contributed by atoms with E-state index >= 15 is 0 Å². The molecule has 0 aromatic rings. The number of nitrogens with zero attached hydrogens (tertiary/aromatic N) is 1. The van der Waals surface area contributed by atoms with Crippen LogP contribution in [0.3, 0.4) is 0 Å². The topological polar surface area (TPSA) is 92.5 Å². The summed E-state index contributed by atoms with van der Waals surface area (Å²) >= 11 is 0.802. The van der Waals surface area contributed by atoms with Crippen molar-refractivity contribution >= 4 is 27.9 Å². The van der Waals surface area contributed by atoms with E-state index in [0.29, 0.717) is 5.03 Å². The van der Waals surface area contributed by atoms with Crippen molar-refractivity contribution in [2.75, 3.05) is 13.1 Å². The number of carbonyl (C=O) groups excluding carboxylic acids is 1. The van der Waals surface area contributed by atoms with Crippen LogP contribution in [0.15, 0.2) is 23.3 Å². The van der Waals surface area contributed by atoms with Gasteiger partial charge in [-0.25, -0.2) is 12.8 Å². The van der Waals surface area contributed by atoms with Crippen molar-refractivity contribution in [3.8, 4) is 0 Å². The lowest BCUT2D eigenvalue weighted by Gasteiger charge is -2.29. The third-order valence-electron chi connectivity index (χ3n) is 4.26. The molecule has 0 bridgehead atoms. The molecule has 25 heavy (non-hydrogen) atoms. The predicted molar refractivity (Wildman–Crippen MR) is 101 cm³/mol. The Morgan fingerprint density at radius 2 is 1.92 bits per heavy atom. The fourth-order valence-electron chi connectivity index (χ4n) is 2.08. The SMILES string of the molecule is C=C(/C=C(/NC(=O)C(C)(C)S(=O)(=O)N1CC[C@@H](F)C1)SN)C(C)(C)C. The van der Waals surface area contributed by atoms with E-state index in [-0.39, 0.29) is 24.9 Å². The molecule has 0 radical (unpaired) electrons. The van der Waals surface area contributed by atoms with Crippen LogP contribution in [0.2, 0.25) is 0 Å². The number of sulfonamides is 1. The summed E-state index contributed by atoms with van der Waals surface area (Å²) in [4.78, 5) is 12.6. The van der Waals surface area contributed by atoms with Gasteiger partial charge in [0.15, 0.2) is 4.75 Å². The first-order chi connectivity index (χ1) is 11.2. The Kier molecular flexibility index (Phi) is 6.88. The van der Waals surface area contributed by atoms with Crippen LogP contribution in [-0.2, 0) is 14.8 Å². The number of amides is 1. The normalized spacial score (nSPS) is 20.6. The molecule has 1 heterocycles.